The average molecular weight is 1370 g/mol. The molecule has 9 aromatic carbocycles. The monoisotopic (exact) mass is 1370 g/mol. The number of benzene rings is 9. The summed E-state index contributed by atoms with van der Waals surface area (Å²) in [5.74, 6) is -11.9. The standard InChI is InChI=1S/2C9H9F3.C9H11F.2C9H12.C8H6F4.2C8H7F3.C8H8F2/c2*1-6-3-4-7(2)8(5-6)9(10,11)12;1-6-4-5-7(2)9(10)8(6)3;2*1-7-4-5-8(2)9(3)6-7;1-3-5(9)7(11)4(2)8(12)6(3)10;2*1-4-3-6(9)5(2)8(11)7(4)10;1-5-3-7(9)6(2)8(10)4-5/h2*3-5H,1-2H3;4-5H,1-3H3;2*4-6H,1-3H3;1-2H3;2*3H,1-2H3;3-4H,1-2H3. The number of rotatable bonds is 0. The van der Waals surface area contributed by atoms with Gasteiger partial charge >= 0.3 is 12.4 Å². The summed E-state index contributed by atoms with van der Waals surface area (Å²) in [5.41, 5.74) is 10.3. The lowest BCUT2D eigenvalue weighted by Crippen LogP contribution is -2.07. The van der Waals surface area contributed by atoms with Crippen LogP contribution in [0, 0.1) is 221 Å². The predicted molar refractivity (Wildman–Crippen MR) is 347 cm³/mol. The third-order valence-corrected chi connectivity index (χ3v) is 14.8. The van der Waals surface area contributed by atoms with Gasteiger partial charge in [-0.05, 0) is 249 Å². The summed E-state index contributed by atoms with van der Waals surface area (Å²) in [6.45, 7) is 34.6. The molecule has 0 heterocycles. The highest BCUT2D eigenvalue weighted by Crippen LogP contribution is 2.33. The number of hydrogen-bond acceptors (Lipinski definition) is 0. The van der Waals surface area contributed by atoms with Gasteiger partial charge in [-0.25, -0.2) is 57.1 Å². The van der Waals surface area contributed by atoms with E-state index in [9.17, 15) is 83.4 Å². The van der Waals surface area contributed by atoms with Gasteiger partial charge in [0.05, 0.1) is 11.1 Å². The van der Waals surface area contributed by atoms with Crippen molar-refractivity contribution >= 4 is 0 Å². The summed E-state index contributed by atoms with van der Waals surface area (Å²) in [7, 11) is 0. The Morgan fingerprint density at radius 1 is 0.177 bits per heavy atom. The van der Waals surface area contributed by atoms with E-state index in [2.05, 4.69) is 77.9 Å². The lowest BCUT2D eigenvalue weighted by molar-refractivity contribution is -0.138. The molecule has 0 saturated carbocycles. The smallest absolute Gasteiger partial charge is 0.207 e. The maximum absolute atomic E-state index is 13.0. The molecule has 0 saturated heterocycles. The van der Waals surface area contributed by atoms with Crippen LogP contribution in [0.4, 0.5) is 83.4 Å². The average Bonchev–Trinajstić information content (AvgIpc) is 0.830. The highest BCUT2D eigenvalue weighted by molar-refractivity contribution is 5.36. The second-order valence-electron chi connectivity index (χ2n) is 23.2. The summed E-state index contributed by atoms with van der Waals surface area (Å²) in [6, 6.07) is 30.0. The van der Waals surface area contributed by atoms with Gasteiger partial charge in [0.25, 0.3) is 0 Å². The van der Waals surface area contributed by atoms with E-state index in [1.165, 1.54) is 106 Å². The van der Waals surface area contributed by atoms with Gasteiger partial charge in [0.15, 0.2) is 46.5 Å². The van der Waals surface area contributed by atoms with Crippen LogP contribution in [0.3, 0.4) is 0 Å². The first-order chi connectivity index (χ1) is 44.0. The maximum Gasteiger partial charge on any atom is 0.416 e. The molecule has 0 amide bonds. The molecule has 0 atom stereocenters. The zero-order valence-electron chi connectivity index (χ0n) is 57.6. The van der Waals surface area contributed by atoms with Crippen molar-refractivity contribution in [3.63, 3.8) is 0 Å². The van der Waals surface area contributed by atoms with Crippen LogP contribution in [0.15, 0.2) is 109 Å². The molecule has 9 rings (SSSR count). The molecule has 0 fully saturated rings. The van der Waals surface area contributed by atoms with Crippen molar-refractivity contribution in [1.29, 1.82) is 0 Å². The molecule has 96 heavy (non-hydrogen) atoms. The third kappa shape index (κ3) is 26.3. The molecule has 0 aromatic heterocycles. The van der Waals surface area contributed by atoms with E-state index in [0.717, 1.165) is 54.8 Å². The summed E-state index contributed by atoms with van der Waals surface area (Å²) in [6.07, 6.45) is -8.45. The molecule has 0 aliphatic heterocycles. The molecule has 0 N–H and O–H groups in total. The minimum atomic E-state index is -4.23. The van der Waals surface area contributed by atoms with Gasteiger partial charge in [-0.2, -0.15) is 26.3 Å². The van der Waals surface area contributed by atoms with Gasteiger partial charge in [0.2, 0.25) is 0 Å². The van der Waals surface area contributed by atoms with Crippen LogP contribution in [0.1, 0.15) is 128 Å². The summed E-state index contributed by atoms with van der Waals surface area (Å²) < 4.78 is 238. The van der Waals surface area contributed by atoms with Crippen molar-refractivity contribution in [3.05, 3.63) is 313 Å². The Kier molecular flexibility index (Phi) is 33.7. The van der Waals surface area contributed by atoms with Crippen LogP contribution in [-0.4, -0.2) is 0 Å². The van der Waals surface area contributed by atoms with Crippen LogP contribution in [0.25, 0.3) is 0 Å². The second kappa shape index (κ2) is 37.8. The molecule has 0 radical (unpaired) electrons. The van der Waals surface area contributed by atoms with Gasteiger partial charge in [-0.1, -0.05) is 95.1 Å². The van der Waals surface area contributed by atoms with E-state index in [0.29, 0.717) is 16.7 Å². The van der Waals surface area contributed by atoms with Crippen LogP contribution in [0.2, 0.25) is 0 Å². The van der Waals surface area contributed by atoms with Crippen molar-refractivity contribution in [2.24, 2.45) is 0 Å². The topological polar surface area (TPSA) is 0 Å². The van der Waals surface area contributed by atoms with Gasteiger partial charge in [0, 0.05) is 27.8 Å². The molecule has 0 nitrogen and oxygen atoms in total. The van der Waals surface area contributed by atoms with Crippen molar-refractivity contribution < 1.29 is 83.4 Å². The van der Waals surface area contributed by atoms with Crippen molar-refractivity contribution in [1.82, 2.24) is 0 Å². The van der Waals surface area contributed by atoms with E-state index < -0.39 is 104 Å². The molecule has 0 aliphatic rings. The molecular weight excluding hydrogens is 1290 g/mol. The predicted octanol–water partition coefficient (Wildman–Crippen LogP) is 25.5. The fraction of sp³-hybridized carbons (Fsp3) is 0.299. The lowest BCUT2D eigenvalue weighted by Gasteiger charge is -2.10. The summed E-state index contributed by atoms with van der Waals surface area (Å²) >= 11 is 0. The van der Waals surface area contributed by atoms with E-state index >= 15 is 0 Å². The minimum absolute atomic E-state index is 0.00870. The Bertz CT molecular complexity index is 3700. The van der Waals surface area contributed by atoms with E-state index in [1.54, 1.807) is 52.8 Å². The van der Waals surface area contributed by atoms with Gasteiger partial charge < -0.3 is 0 Å². The summed E-state index contributed by atoms with van der Waals surface area (Å²) in [5, 5.41) is 0. The fourth-order valence-electron chi connectivity index (χ4n) is 8.01. The Hall–Kier alpha value is -8.35. The number of aryl methyl sites for hydroxylation is 15. The Labute approximate surface area is 551 Å². The normalized spacial score (nSPS) is 10.5. The van der Waals surface area contributed by atoms with Crippen molar-refractivity contribution in [2.45, 2.75) is 158 Å². The second-order valence-corrected chi connectivity index (χ2v) is 23.2. The molecule has 9 aromatic rings. The maximum atomic E-state index is 13.0. The number of hydrogen-bond donors (Lipinski definition) is 0. The quantitative estimate of drug-likeness (QED) is 0.105. The number of alkyl halides is 6. The molecular formula is C77H81F19. The first kappa shape index (κ1) is 85.7. The third-order valence-electron chi connectivity index (χ3n) is 14.8. The zero-order chi connectivity index (χ0) is 74.5. The highest BCUT2D eigenvalue weighted by atomic mass is 19.4. The molecule has 0 bridgehead atoms. The van der Waals surface area contributed by atoms with Crippen LogP contribution in [-0.2, 0) is 12.4 Å². The van der Waals surface area contributed by atoms with E-state index in [1.807, 2.05) is 13.0 Å². The molecule has 19 heteroatoms. The molecule has 0 aliphatic carbocycles. The zero-order valence-corrected chi connectivity index (χ0v) is 57.6. The Balaban J connectivity index is 0.000000541. The fourth-order valence-corrected chi connectivity index (χ4v) is 8.01. The van der Waals surface area contributed by atoms with Gasteiger partial charge in [0.1, 0.15) is 29.1 Å². The van der Waals surface area contributed by atoms with Crippen molar-refractivity contribution in [2.75, 3.05) is 0 Å². The summed E-state index contributed by atoms with van der Waals surface area (Å²) in [4.78, 5) is 0. The van der Waals surface area contributed by atoms with Crippen LogP contribution < -0.4 is 0 Å². The first-order valence-electron chi connectivity index (χ1n) is 29.5. The van der Waals surface area contributed by atoms with Gasteiger partial charge in [-0.3, -0.25) is 0 Å². The lowest BCUT2D eigenvalue weighted by atomic mass is 10.1. The Morgan fingerprint density at radius 3 is 0.688 bits per heavy atom. The van der Waals surface area contributed by atoms with E-state index in [4.69, 9.17) is 0 Å². The Morgan fingerprint density at radius 2 is 0.427 bits per heavy atom. The SMILES string of the molecule is Cc1c(F)c(F)c(C)c(F)c1F.Cc1cc(F)c(C)c(F)c1.Cc1cc(F)c(C)c(F)c1F.Cc1cc(F)c(C)c(F)c1F.Cc1ccc(C)c(C(F)(F)F)c1.Cc1ccc(C)c(C(F)(F)F)c1.Cc1ccc(C)c(C)c1.Cc1ccc(C)c(C)c1.Cc1ccc(C)c(F)c1C. The first-order valence-corrected chi connectivity index (χ1v) is 29.5. The van der Waals surface area contributed by atoms with Gasteiger partial charge in [-0.15, -0.1) is 0 Å². The van der Waals surface area contributed by atoms with Crippen molar-refractivity contribution in [3.8, 4) is 0 Å². The molecule has 522 valence electrons. The van der Waals surface area contributed by atoms with Crippen LogP contribution >= 0.6 is 0 Å². The van der Waals surface area contributed by atoms with Crippen LogP contribution in [0.5, 0.6) is 0 Å². The molecule has 0 spiro atoms. The highest BCUT2D eigenvalue weighted by Gasteiger charge is 2.33. The van der Waals surface area contributed by atoms with E-state index in [-0.39, 0.29) is 44.8 Å². The number of halogens is 19. The largest absolute Gasteiger partial charge is 0.416 e. The molecule has 0 unspecified atom stereocenters. The minimum Gasteiger partial charge on any atom is -0.207 e.